The Hall–Kier alpha value is -1.78. The number of sulfone groups is 1. The molecule has 0 saturated heterocycles. The van der Waals surface area contributed by atoms with E-state index in [0.29, 0.717) is 5.02 Å². The Morgan fingerprint density at radius 3 is 2.18 bits per heavy atom. The minimum atomic E-state index is -3.96. The molecule has 28 heavy (non-hydrogen) atoms. The first-order valence-electron chi connectivity index (χ1n) is 7.98. The summed E-state index contributed by atoms with van der Waals surface area (Å²) in [5, 5.41) is 0.782. The molecule has 0 fully saturated rings. The predicted octanol–water partition coefficient (Wildman–Crippen LogP) is 4.03. The van der Waals surface area contributed by atoms with Crippen molar-refractivity contribution in [3.05, 3.63) is 82.4 Å². The summed E-state index contributed by atoms with van der Waals surface area (Å²) in [6.45, 7) is -0.406. The normalized spacial score (nSPS) is 13.4. The van der Waals surface area contributed by atoms with Crippen LogP contribution >= 0.6 is 22.9 Å². The van der Waals surface area contributed by atoms with Crippen LogP contribution < -0.4 is 4.72 Å². The van der Waals surface area contributed by atoms with Crippen LogP contribution in [-0.2, 0) is 19.9 Å². The van der Waals surface area contributed by atoms with E-state index in [4.69, 9.17) is 11.6 Å². The number of halogens is 2. The molecule has 0 aliphatic rings. The molecule has 0 radical (unpaired) electrons. The average Bonchev–Trinajstić information content (AvgIpc) is 3.19. The van der Waals surface area contributed by atoms with Crippen LogP contribution in [0.25, 0.3) is 0 Å². The number of benzene rings is 2. The monoisotopic (exact) mass is 459 g/mol. The van der Waals surface area contributed by atoms with E-state index in [1.54, 1.807) is 11.4 Å². The van der Waals surface area contributed by atoms with Gasteiger partial charge < -0.3 is 0 Å². The van der Waals surface area contributed by atoms with Gasteiger partial charge in [-0.15, -0.1) is 11.3 Å². The average molecular weight is 460 g/mol. The van der Waals surface area contributed by atoms with E-state index in [0.717, 1.165) is 23.5 Å². The third-order valence-corrected chi connectivity index (χ3v) is 9.20. The van der Waals surface area contributed by atoms with Crippen LogP contribution in [0.4, 0.5) is 4.39 Å². The predicted molar refractivity (Wildman–Crippen MR) is 107 cm³/mol. The Morgan fingerprint density at radius 1 is 0.964 bits per heavy atom. The molecule has 3 rings (SSSR count). The smallest absolute Gasteiger partial charge is 0.222 e. The van der Waals surface area contributed by atoms with E-state index in [2.05, 4.69) is 4.72 Å². The minimum Gasteiger partial charge on any atom is -0.222 e. The molecular formula is C18H15ClFNO4S3. The lowest BCUT2D eigenvalue weighted by molar-refractivity contribution is 0.569. The van der Waals surface area contributed by atoms with Gasteiger partial charge in [0.15, 0.2) is 9.84 Å². The maximum atomic E-state index is 13.3. The van der Waals surface area contributed by atoms with Gasteiger partial charge in [-0.1, -0.05) is 29.8 Å². The number of hydrogen-bond donors (Lipinski definition) is 1. The van der Waals surface area contributed by atoms with Crippen molar-refractivity contribution in [3.8, 4) is 0 Å². The summed E-state index contributed by atoms with van der Waals surface area (Å²) in [5.41, 5.74) is 0.286. The van der Waals surface area contributed by atoms with Gasteiger partial charge in [-0.25, -0.2) is 25.9 Å². The first-order chi connectivity index (χ1) is 13.2. The van der Waals surface area contributed by atoms with Crippen molar-refractivity contribution in [1.82, 2.24) is 4.72 Å². The SMILES string of the molecule is O=S(=O)(NC[C@H](c1ccc(F)cc1)S(=O)(=O)c1cccs1)c1ccc(Cl)cc1. The van der Waals surface area contributed by atoms with Gasteiger partial charge in [-0.05, 0) is 53.4 Å². The summed E-state index contributed by atoms with van der Waals surface area (Å²) < 4.78 is 66.9. The van der Waals surface area contributed by atoms with E-state index in [1.165, 1.54) is 42.5 Å². The quantitative estimate of drug-likeness (QED) is 0.578. The van der Waals surface area contributed by atoms with Gasteiger partial charge in [0.1, 0.15) is 15.3 Å². The molecule has 0 unspecified atom stereocenters. The van der Waals surface area contributed by atoms with Crippen molar-refractivity contribution in [2.45, 2.75) is 14.4 Å². The molecule has 0 amide bonds. The molecule has 10 heteroatoms. The van der Waals surface area contributed by atoms with Crippen LogP contribution in [0.3, 0.4) is 0 Å². The van der Waals surface area contributed by atoms with Crippen LogP contribution in [-0.4, -0.2) is 23.4 Å². The van der Waals surface area contributed by atoms with Crippen molar-refractivity contribution in [3.63, 3.8) is 0 Å². The van der Waals surface area contributed by atoms with Crippen molar-refractivity contribution >= 4 is 42.8 Å². The summed E-state index contributed by atoms with van der Waals surface area (Å²) >= 11 is 6.81. The second kappa shape index (κ2) is 8.30. The second-order valence-electron chi connectivity index (χ2n) is 5.82. The molecule has 0 aliphatic carbocycles. The van der Waals surface area contributed by atoms with Gasteiger partial charge in [-0.3, -0.25) is 0 Å². The number of hydrogen-bond acceptors (Lipinski definition) is 5. The molecule has 2 aromatic carbocycles. The zero-order chi connectivity index (χ0) is 20.4. The van der Waals surface area contributed by atoms with Crippen LogP contribution in [0.5, 0.6) is 0 Å². The molecule has 148 valence electrons. The van der Waals surface area contributed by atoms with E-state index < -0.39 is 37.5 Å². The van der Waals surface area contributed by atoms with E-state index in [9.17, 15) is 21.2 Å². The second-order valence-corrected chi connectivity index (χ2v) is 11.3. The third kappa shape index (κ3) is 4.61. The fourth-order valence-electron chi connectivity index (χ4n) is 2.53. The summed E-state index contributed by atoms with van der Waals surface area (Å²) in [4.78, 5) is -0.0386. The molecule has 1 N–H and O–H groups in total. The summed E-state index contributed by atoms with van der Waals surface area (Å²) in [6, 6.07) is 13.5. The lowest BCUT2D eigenvalue weighted by Gasteiger charge is -2.18. The molecule has 0 saturated carbocycles. The number of nitrogens with one attached hydrogen (secondary N) is 1. The van der Waals surface area contributed by atoms with Crippen LogP contribution in [0, 0.1) is 5.82 Å². The van der Waals surface area contributed by atoms with E-state index >= 15 is 0 Å². The molecule has 0 bridgehead atoms. The highest BCUT2D eigenvalue weighted by Gasteiger charge is 2.31. The van der Waals surface area contributed by atoms with Crippen molar-refractivity contribution < 1.29 is 21.2 Å². The number of sulfonamides is 1. The fourth-order valence-corrected chi connectivity index (χ4v) is 6.68. The Balaban J connectivity index is 1.94. The van der Waals surface area contributed by atoms with Gasteiger partial charge in [0.25, 0.3) is 0 Å². The molecule has 1 atom stereocenters. The van der Waals surface area contributed by atoms with Crippen molar-refractivity contribution in [1.29, 1.82) is 0 Å². The van der Waals surface area contributed by atoms with Crippen LogP contribution in [0.15, 0.2) is 75.1 Å². The Morgan fingerprint density at radius 2 is 1.61 bits per heavy atom. The third-order valence-electron chi connectivity index (χ3n) is 3.97. The Labute approximate surface area is 171 Å². The van der Waals surface area contributed by atoms with Crippen molar-refractivity contribution in [2.24, 2.45) is 0 Å². The van der Waals surface area contributed by atoms with E-state index in [1.807, 2.05) is 0 Å². The molecule has 3 aromatic rings. The van der Waals surface area contributed by atoms with Crippen LogP contribution in [0.1, 0.15) is 10.8 Å². The van der Waals surface area contributed by atoms with Gasteiger partial charge in [0.05, 0.1) is 4.90 Å². The molecule has 0 aliphatic heterocycles. The van der Waals surface area contributed by atoms with Gasteiger partial charge in [0, 0.05) is 11.6 Å². The first-order valence-corrected chi connectivity index (χ1v) is 12.3. The maximum Gasteiger partial charge on any atom is 0.240 e. The zero-order valence-electron chi connectivity index (χ0n) is 14.2. The largest absolute Gasteiger partial charge is 0.240 e. The first kappa shape index (κ1) is 20.9. The standard InChI is InChI=1S/C18H15ClFNO4S3/c19-14-5-9-16(10-6-14)28(24,25)21-12-17(13-3-7-15(20)8-4-13)27(22,23)18-2-1-11-26-18/h1-11,17,21H,12H2/t17-/m1/s1. The summed E-state index contributed by atoms with van der Waals surface area (Å²) in [7, 11) is -7.85. The summed E-state index contributed by atoms with van der Waals surface area (Å²) in [5.74, 6) is -0.516. The van der Waals surface area contributed by atoms with Gasteiger partial charge in [0.2, 0.25) is 10.0 Å². The Bertz CT molecular complexity index is 1140. The van der Waals surface area contributed by atoms with Gasteiger partial charge >= 0.3 is 0 Å². The molecule has 5 nitrogen and oxygen atoms in total. The number of thiophene rings is 1. The lowest BCUT2D eigenvalue weighted by atomic mass is 10.1. The van der Waals surface area contributed by atoms with Crippen LogP contribution in [0.2, 0.25) is 5.02 Å². The summed E-state index contributed by atoms with van der Waals surface area (Å²) in [6.07, 6.45) is 0. The molecule has 1 aromatic heterocycles. The lowest BCUT2D eigenvalue weighted by Crippen LogP contribution is -2.31. The fraction of sp³-hybridized carbons (Fsp3) is 0.111. The number of rotatable bonds is 7. The van der Waals surface area contributed by atoms with Crippen molar-refractivity contribution in [2.75, 3.05) is 6.54 Å². The Kier molecular flexibility index (Phi) is 6.21. The minimum absolute atomic E-state index is 0.0386. The highest BCUT2D eigenvalue weighted by Crippen LogP contribution is 2.31. The van der Waals surface area contributed by atoms with E-state index in [-0.39, 0.29) is 14.7 Å². The molecular weight excluding hydrogens is 445 g/mol. The molecule has 0 spiro atoms. The highest BCUT2D eigenvalue weighted by molar-refractivity contribution is 7.93. The molecule has 1 heterocycles. The highest BCUT2D eigenvalue weighted by atomic mass is 35.5. The zero-order valence-corrected chi connectivity index (χ0v) is 17.5. The topological polar surface area (TPSA) is 80.3 Å². The maximum absolute atomic E-state index is 13.3. The van der Waals surface area contributed by atoms with Gasteiger partial charge in [-0.2, -0.15) is 0 Å².